The number of para-hydroxylation sites is 1. The number of nitrogens with one attached hydrogen (secondary N) is 1. The summed E-state index contributed by atoms with van der Waals surface area (Å²) in [6.07, 6.45) is -0.0805. The number of hydrogen-bond acceptors (Lipinski definition) is 4. The van der Waals surface area contributed by atoms with Crippen molar-refractivity contribution in [2.24, 2.45) is 5.73 Å². The molecule has 124 valence electrons. The summed E-state index contributed by atoms with van der Waals surface area (Å²) in [5, 5.41) is 14.1. The summed E-state index contributed by atoms with van der Waals surface area (Å²) in [4.78, 5) is 0. The maximum absolute atomic E-state index is 10.1. The van der Waals surface area contributed by atoms with Crippen molar-refractivity contribution in [1.82, 2.24) is 0 Å². The Balaban J connectivity index is 1.73. The maximum Gasteiger partial charge on any atom is 0.119 e. The van der Waals surface area contributed by atoms with Crippen LogP contribution in [0.3, 0.4) is 0 Å². The monoisotopic (exact) mass is 334 g/mol. The van der Waals surface area contributed by atoms with Crippen molar-refractivity contribution in [2.75, 3.05) is 18.5 Å². The van der Waals surface area contributed by atoms with Gasteiger partial charge >= 0.3 is 0 Å². The van der Waals surface area contributed by atoms with Gasteiger partial charge in [0.1, 0.15) is 18.5 Å². The van der Waals surface area contributed by atoms with Crippen LogP contribution in [0.4, 0.5) is 5.69 Å². The van der Waals surface area contributed by atoms with E-state index in [1.807, 2.05) is 55.5 Å². The second-order valence-electron chi connectivity index (χ2n) is 5.48. The molecule has 0 aliphatic heterocycles. The number of aliphatic hydroxyl groups excluding tert-OH is 1. The molecule has 2 aromatic rings. The quantitative estimate of drug-likeness (QED) is 0.693. The summed E-state index contributed by atoms with van der Waals surface area (Å²) < 4.78 is 5.52. The Morgan fingerprint density at radius 2 is 1.91 bits per heavy atom. The molecular weight excluding hydrogens is 312 g/mol. The van der Waals surface area contributed by atoms with E-state index in [0.717, 1.165) is 22.0 Å². The van der Waals surface area contributed by atoms with E-state index in [2.05, 4.69) is 5.32 Å². The van der Waals surface area contributed by atoms with Crippen molar-refractivity contribution in [1.29, 1.82) is 0 Å². The largest absolute Gasteiger partial charge is 0.491 e. The van der Waals surface area contributed by atoms with Gasteiger partial charge in [-0.1, -0.05) is 35.9 Å². The molecule has 2 aromatic carbocycles. The number of anilines is 1. The molecule has 2 atom stereocenters. The molecule has 0 saturated heterocycles. The minimum absolute atomic E-state index is 0.182. The molecule has 0 heterocycles. The first kappa shape index (κ1) is 17.6. The Bertz CT molecular complexity index is 607. The van der Waals surface area contributed by atoms with Crippen LogP contribution in [0.2, 0.25) is 5.02 Å². The summed E-state index contributed by atoms with van der Waals surface area (Å²) >= 11 is 6.08. The van der Waals surface area contributed by atoms with Gasteiger partial charge in [-0.05, 0) is 43.2 Å². The van der Waals surface area contributed by atoms with Crippen LogP contribution in [0.25, 0.3) is 0 Å². The molecule has 0 fully saturated rings. The second kappa shape index (κ2) is 8.77. The topological polar surface area (TPSA) is 67.5 Å². The molecule has 4 N–H and O–H groups in total. The van der Waals surface area contributed by atoms with Gasteiger partial charge in [-0.2, -0.15) is 0 Å². The van der Waals surface area contributed by atoms with E-state index in [9.17, 15) is 5.11 Å². The highest BCUT2D eigenvalue weighted by Crippen LogP contribution is 2.22. The van der Waals surface area contributed by atoms with Crippen LogP contribution in [0.15, 0.2) is 48.5 Å². The highest BCUT2D eigenvalue weighted by atomic mass is 35.5. The Morgan fingerprint density at radius 3 is 2.65 bits per heavy atom. The van der Waals surface area contributed by atoms with Crippen molar-refractivity contribution in [3.05, 3.63) is 59.1 Å². The predicted molar refractivity (Wildman–Crippen MR) is 95.2 cm³/mol. The first-order chi connectivity index (χ1) is 11.1. The van der Waals surface area contributed by atoms with E-state index in [1.165, 1.54) is 0 Å². The van der Waals surface area contributed by atoms with E-state index in [1.54, 1.807) is 0 Å². The third-order valence-electron chi connectivity index (χ3n) is 3.72. The normalized spacial score (nSPS) is 13.4. The van der Waals surface area contributed by atoms with Crippen molar-refractivity contribution >= 4 is 17.3 Å². The first-order valence-electron chi connectivity index (χ1n) is 7.68. The Morgan fingerprint density at radius 1 is 1.17 bits per heavy atom. The summed E-state index contributed by atoms with van der Waals surface area (Å²) in [5.41, 5.74) is 8.01. The number of aliphatic hydroxyl groups is 1. The smallest absolute Gasteiger partial charge is 0.119 e. The summed E-state index contributed by atoms with van der Waals surface area (Å²) in [5.74, 6) is 0.728. The molecule has 0 bridgehead atoms. The maximum atomic E-state index is 10.1. The number of ether oxygens (including phenoxy) is 1. The van der Waals surface area contributed by atoms with Gasteiger partial charge in [-0.15, -0.1) is 0 Å². The Hall–Kier alpha value is -1.75. The van der Waals surface area contributed by atoms with Gasteiger partial charge in [0.05, 0.1) is 0 Å². The van der Waals surface area contributed by atoms with Gasteiger partial charge in [0.15, 0.2) is 0 Å². The van der Waals surface area contributed by atoms with E-state index < -0.39 is 6.10 Å². The van der Waals surface area contributed by atoms with E-state index in [4.69, 9.17) is 22.1 Å². The Kier molecular flexibility index (Phi) is 6.71. The van der Waals surface area contributed by atoms with Gasteiger partial charge in [0, 0.05) is 23.3 Å². The highest BCUT2D eigenvalue weighted by molar-refractivity contribution is 6.31. The van der Waals surface area contributed by atoms with Crippen molar-refractivity contribution in [3.8, 4) is 5.75 Å². The molecule has 0 amide bonds. The highest BCUT2D eigenvalue weighted by Gasteiger charge is 2.15. The van der Waals surface area contributed by atoms with Gasteiger partial charge in [-0.25, -0.2) is 0 Å². The van der Waals surface area contributed by atoms with Gasteiger partial charge < -0.3 is 20.9 Å². The van der Waals surface area contributed by atoms with Crippen molar-refractivity contribution in [2.45, 2.75) is 25.5 Å². The third kappa shape index (κ3) is 5.43. The van der Waals surface area contributed by atoms with Crippen LogP contribution < -0.4 is 15.8 Å². The van der Waals surface area contributed by atoms with Crippen LogP contribution in [0.5, 0.6) is 5.75 Å². The van der Waals surface area contributed by atoms with Crippen LogP contribution in [-0.4, -0.2) is 30.4 Å². The van der Waals surface area contributed by atoms with E-state index in [0.29, 0.717) is 13.0 Å². The number of halogens is 1. The molecule has 23 heavy (non-hydrogen) atoms. The van der Waals surface area contributed by atoms with Crippen LogP contribution >= 0.6 is 11.6 Å². The molecule has 0 radical (unpaired) electrons. The average molecular weight is 335 g/mol. The van der Waals surface area contributed by atoms with Crippen LogP contribution in [0.1, 0.15) is 12.0 Å². The molecule has 5 heteroatoms. The molecule has 0 aliphatic carbocycles. The predicted octanol–water partition coefficient (Wildman–Crippen LogP) is 3.22. The average Bonchev–Trinajstić information content (AvgIpc) is 2.57. The fraction of sp³-hybridized carbons (Fsp3) is 0.333. The SMILES string of the molecule is Cc1c(Cl)cccc1NCCC(N)C(O)COc1ccccc1. The minimum Gasteiger partial charge on any atom is -0.491 e. The molecule has 2 rings (SSSR count). The standard InChI is InChI=1S/C18H23ClN2O2/c1-13-15(19)8-5-9-17(13)21-11-10-16(20)18(22)12-23-14-6-3-2-4-7-14/h2-9,16,18,21-22H,10-12,20H2,1H3. The number of nitrogens with two attached hydrogens (primary N) is 1. The molecule has 4 nitrogen and oxygen atoms in total. The number of benzene rings is 2. The molecule has 2 unspecified atom stereocenters. The zero-order valence-corrected chi connectivity index (χ0v) is 14.0. The van der Waals surface area contributed by atoms with E-state index >= 15 is 0 Å². The van der Waals surface area contributed by atoms with Crippen molar-refractivity contribution < 1.29 is 9.84 Å². The number of rotatable bonds is 8. The molecule has 0 aromatic heterocycles. The zero-order chi connectivity index (χ0) is 16.7. The molecule has 0 saturated carbocycles. The van der Waals surface area contributed by atoms with Gasteiger partial charge in [0.2, 0.25) is 0 Å². The third-order valence-corrected chi connectivity index (χ3v) is 4.13. The van der Waals surface area contributed by atoms with Crippen molar-refractivity contribution in [3.63, 3.8) is 0 Å². The van der Waals surface area contributed by atoms with Gasteiger partial charge in [0.25, 0.3) is 0 Å². The fourth-order valence-corrected chi connectivity index (χ4v) is 2.36. The van der Waals surface area contributed by atoms with Crippen LogP contribution in [0, 0.1) is 6.92 Å². The summed E-state index contributed by atoms with van der Waals surface area (Å²) in [7, 11) is 0. The van der Waals surface area contributed by atoms with Gasteiger partial charge in [-0.3, -0.25) is 0 Å². The number of hydrogen-bond donors (Lipinski definition) is 3. The lowest BCUT2D eigenvalue weighted by atomic mass is 10.1. The van der Waals surface area contributed by atoms with E-state index in [-0.39, 0.29) is 12.6 Å². The molecule has 0 spiro atoms. The van der Waals surface area contributed by atoms with Crippen LogP contribution in [-0.2, 0) is 0 Å². The second-order valence-corrected chi connectivity index (χ2v) is 5.89. The summed E-state index contributed by atoms with van der Waals surface area (Å²) in [6.45, 7) is 2.80. The minimum atomic E-state index is -0.711. The lowest BCUT2D eigenvalue weighted by molar-refractivity contribution is 0.0836. The summed E-state index contributed by atoms with van der Waals surface area (Å²) in [6, 6.07) is 14.8. The molecule has 0 aliphatic rings. The Labute approximate surface area is 142 Å². The lowest BCUT2D eigenvalue weighted by Gasteiger charge is -2.20. The fourth-order valence-electron chi connectivity index (χ4n) is 2.19. The first-order valence-corrected chi connectivity index (χ1v) is 8.06. The zero-order valence-electron chi connectivity index (χ0n) is 13.2. The molecular formula is C18H23ClN2O2. The lowest BCUT2D eigenvalue weighted by Crippen LogP contribution is -2.40.